The Morgan fingerprint density at radius 1 is 0.786 bits per heavy atom. The highest BCUT2D eigenvalue weighted by Crippen LogP contribution is 2.13. The maximum absolute atomic E-state index is 2.26. The minimum absolute atomic E-state index is 1.22. The largest absolute Gasteiger partial charge is 0.0747 e. The monoisotopic (exact) mass is 200 g/mol. The van der Waals surface area contributed by atoms with Gasteiger partial charge in [0.05, 0.1) is 0 Å². The second-order valence-electron chi connectivity index (χ2n) is 3.02. The van der Waals surface area contributed by atoms with Crippen LogP contribution in [0.3, 0.4) is 0 Å². The topological polar surface area (TPSA) is 0 Å². The predicted octanol–water partition coefficient (Wildman–Crippen LogP) is 5.98. The van der Waals surface area contributed by atoms with E-state index in [-0.39, 0.29) is 0 Å². The molecule has 88 valence electrons. The third kappa shape index (κ3) is 14.3. The molecule has 0 heterocycles. The summed E-state index contributed by atoms with van der Waals surface area (Å²) in [6.45, 7) is 17.0. The highest BCUT2D eigenvalue weighted by Gasteiger charge is 1.92. The van der Waals surface area contributed by atoms with Crippen molar-refractivity contribution in [2.45, 2.75) is 81.1 Å². The molecule has 0 N–H and O–H groups in total. The van der Waals surface area contributed by atoms with E-state index in [2.05, 4.69) is 27.7 Å². The van der Waals surface area contributed by atoms with Gasteiger partial charge in [-0.15, -0.1) is 0 Å². The van der Waals surface area contributed by atoms with Crippen molar-refractivity contribution in [2.75, 3.05) is 0 Å². The maximum Gasteiger partial charge on any atom is -0.0321 e. The summed E-state index contributed by atoms with van der Waals surface area (Å²) < 4.78 is 0. The highest BCUT2D eigenvalue weighted by atomic mass is 14.0. The van der Waals surface area contributed by atoms with Crippen molar-refractivity contribution >= 4 is 0 Å². The second kappa shape index (κ2) is 18.5. The number of rotatable bonds is 4. The summed E-state index contributed by atoms with van der Waals surface area (Å²) in [7, 11) is 0. The van der Waals surface area contributed by atoms with E-state index in [1.54, 1.807) is 11.1 Å². The maximum atomic E-state index is 2.26. The van der Waals surface area contributed by atoms with Crippen LogP contribution in [0.1, 0.15) is 81.1 Å². The molecule has 0 nitrogen and oxygen atoms in total. The fourth-order valence-electron chi connectivity index (χ4n) is 0.957. The van der Waals surface area contributed by atoms with Crippen LogP contribution in [0.25, 0.3) is 0 Å². The van der Waals surface area contributed by atoms with Crippen LogP contribution in [0.15, 0.2) is 11.1 Å². The predicted molar refractivity (Wildman–Crippen MR) is 70.9 cm³/mol. The summed E-state index contributed by atoms with van der Waals surface area (Å²) in [6, 6.07) is 0. The van der Waals surface area contributed by atoms with Gasteiger partial charge in [-0.25, -0.2) is 0 Å². The first-order valence-corrected chi connectivity index (χ1v) is 6.37. The van der Waals surface area contributed by atoms with E-state index in [1.165, 1.54) is 25.7 Å². The van der Waals surface area contributed by atoms with Gasteiger partial charge in [0.25, 0.3) is 0 Å². The van der Waals surface area contributed by atoms with E-state index in [4.69, 9.17) is 0 Å². The van der Waals surface area contributed by atoms with Crippen LogP contribution in [0.5, 0.6) is 0 Å². The molecule has 0 aromatic rings. The number of hydrogen-bond donors (Lipinski definition) is 0. The SMILES string of the molecule is CC.CC.CCCC/C(C)=C(/C)CC. The molecule has 0 rings (SSSR count). The molecule has 0 aliphatic heterocycles. The lowest BCUT2D eigenvalue weighted by molar-refractivity contribution is 0.775. The summed E-state index contributed by atoms with van der Waals surface area (Å²) in [5.74, 6) is 0. The van der Waals surface area contributed by atoms with Gasteiger partial charge in [-0.3, -0.25) is 0 Å². The summed E-state index contributed by atoms with van der Waals surface area (Å²) >= 11 is 0. The van der Waals surface area contributed by atoms with Crippen LogP contribution in [-0.4, -0.2) is 0 Å². The molecule has 0 amide bonds. The Morgan fingerprint density at radius 2 is 1.21 bits per heavy atom. The highest BCUT2D eigenvalue weighted by molar-refractivity contribution is 5.08. The minimum atomic E-state index is 1.22. The van der Waals surface area contributed by atoms with Crippen LogP contribution in [0.2, 0.25) is 0 Å². The van der Waals surface area contributed by atoms with E-state index in [9.17, 15) is 0 Å². The Kier molecular flexibility index (Phi) is 25.6. The van der Waals surface area contributed by atoms with E-state index < -0.39 is 0 Å². The Labute approximate surface area is 92.8 Å². The number of unbranched alkanes of at least 4 members (excludes halogenated alkanes) is 1. The summed E-state index contributed by atoms with van der Waals surface area (Å²) in [6.07, 6.45) is 5.18. The lowest BCUT2D eigenvalue weighted by Crippen LogP contribution is -1.82. The lowest BCUT2D eigenvalue weighted by atomic mass is 10.0. The van der Waals surface area contributed by atoms with E-state index >= 15 is 0 Å². The van der Waals surface area contributed by atoms with Crippen LogP contribution in [0, 0.1) is 0 Å². The quantitative estimate of drug-likeness (QED) is 0.490. The smallest absolute Gasteiger partial charge is 0.0321 e. The zero-order valence-corrected chi connectivity index (χ0v) is 11.8. The van der Waals surface area contributed by atoms with Crippen molar-refractivity contribution in [3.63, 3.8) is 0 Å². The van der Waals surface area contributed by atoms with Crippen LogP contribution in [0.4, 0.5) is 0 Å². The average Bonchev–Trinajstić information content (AvgIpc) is 2.30. The first-order chi connectivity index (χ1) is 6.72. The number of allylic oxidation sites excluding steroid dienone is 2. The molecule has 14 heavy (non-hydrogen) atoms. The summed E-state index contributed by atoms with van der Waals surface area (Å²) in [5.41, 5.74) is 3.18. The number of hydrogen-bond acceptors (Lipinski definition) is 0. The van der Waals surface area contributed by atoms with E-state index in [1.807, 2.05) is 27.7 Å². The Balaban J connectivity index is -0.000000266. The molecule has 0 heteroatoms. The van der Waals surface area contributed by atoms with Gasteiger partial charge >= 0.3 is 0 Å². The molecular formula is C14H32. The molecule has 0 aliphatic carbocycles. The molecule has 0 fully saturated rings. The van der Waals surface area contributed by atoms with E-state index in [0.29, 0.717) is 0 Å². The van der Waals surface area contributed by atoms with Crippen LogP contribution < -0.4 is 0 Å². The summed E-state index contributed by atoms with van der Waals surface area (Å²) in [5, 5.41) is 0. The van der Waals surface area contributed by atoms with Crippen LogP contribution >= 0.6 is 0 Å². The van der Waals surface area contributed by atoms with Crippen molar-refractivity contribution in [2.24, 2.45) is 0 Å². The first-order valence-electron chi connectivity index (χ1n) is 6.37. The van der Waals surface area contributed by atoms with Crippen molar-refractivity contribution in [3.8, 4) is 0 Å². The standard InChI is InChI=1S/C10H20.2C2H6/c1-5-7-8-10(4)9(3)6-2;2*1-2/h5-8H2,1-4H3;2*1-2H3/b10-9-;;. The normalized spacial score (nSPS) is 10.3. The molecule has 0 saturated carbocycles. The molecule has 0 aliphatic rings. The Bertz CT molecular complexity index is 109. The Morgan fingerprint density at radius 3 is 1.50 bits per heavy atom. The molecule has 0 saturated heterocycles. The lowest BCUT2D eigenvalue weighted by Gasteiger charge is -2.03. The van der Waals surface area contributed by atoms with Gasteiger partial charge in [0.2, 0.25) is 0 Å². The van der Waals surface area contributed by atoms with Gasteiger partial charge in [-0.1, -0.05) is 59.1 Å². The molecule has 0 bridgehead atoms. The Hall–Kier alpha value is -0.260. The van der Waals surface area contributed by atoms with Gasteiger partial charge < -0.3 is 0 Å². The van der Waals surface area contributed by atoms with Crippen molar-refractivity contribution in [1.82, 2.24) is 0 Å². The fraction of sp³-hybridized carbons (Fsp3) is 0.857. The van der Waals surface area contributed by atoms with Crippen molar-refractivity contribution in [1.29, 1.82) is 0 Å². The van der Waals surface area contributed by atoms with Gasteiger partial charge in [-0.2, -0.15) is 0 Å². The van der Waals surface area contributed by atoms with Crippen LogP contribution in [-0.2, 0) is 0 Å². The third-order valence-electron chi connectivity index (χ3n) is 2.16. The molecule has 0 aromatic heterocycles. The van der Waals surface area contributed by atoms with Gasteiger partial charge in [0.1, 0.15) is 0 Å². The van der Waals surface area contributed by atoms with Crippen molar-refractivity contribution in [3.05, 3.63) is 11.1 Å². The summed E-state index contributed by atoms with van der Waals surface area (Å²) in [4.78, 5) is 0. The molecular weight excluding hydrogens is 168 g/mol. The van der Waals surface area contributed by atoms with Crippen molar-refractivity contribution < 1.29 is 0 Å². The van der Waals surface area contributed by atoms with Gasteiger partial charge in [0, 0.05) is 0 Å². The zero-order valence-electron chi connectivity index (χ0n) is 11.8. The molecule has 0 unspecified atom stereocenters. The van der Waals surface area contributed by atoms with E-state index in [0.717, 1.165) is 0 Å². The zero-order chi connectivity index (χ0) is 12.0. The fourth-order valence-corrected chi connectivity index (χ4v) is 0.957. The first kappa shape index (κ1) is 19.3. The third-order valence-corrected chi connectivity index (χ3v) is 2.16. The molecule has 0 aromatic carbocycles. The van der Waals surface area contributed by atoms with Gasteiger partial charge in [-0.05, 0) is 33.1 Å². The van der Waals surface area contributed by atoms with Gasteiger partial charge in [0.15, 0.2) is 0 Å². The molecule has 0 radical (unpaired) electrons. The molecule has 0 atom stereocenters. The average molecular weight is 200 g/mol. The second-order valence-corrected chi connectivity index (χ2v) is 3.02. The minimum Gasteiger partial charge on any atom is -0.0747 e. The molecule has 0 spiro atoms.